The fourth-order valence-electron chi connectivity index (χ4n) is 2.20. The summed E-state index contributed by atoms with van der Waals surface area (Å²) in [5, 5.41) is 2.85. The van der Waals surface area contributed by atoms with E-state index in [1.165, 1.54) is 11.3 Å². The molecule has 1 aromatic heterocycles. The SMILES string of the molecule is Cc1ccc(C(=O)COC(=O)C[C@@H](NC(N)=O)c2ccccc2Cl)s1. The van der Waals surface area contributed by atoms with Gasteiger partial charge in [0.2, 0.25) is 5.78 Å². The zero-order valence-corrected chi connectivity index (χ0v) is 15.0. The van der Waals surface area contributed by atoms with Crippen molar-refractivity contribution in [1.29, 1.82) is 0 Å². The first-order valence-electron chi connectivity index (χ1n) is 7.42. The predicted molar refractivity (Wildman–Crippen MR) is 95.9 cm³/mol. The summed E-state index contributed by atoms with van der Waals surface area (Å²) in [5.74, 6) is -0.913. The summed E-state index contributed by atoms with van der Waals surface area (Å²) in [6, 6.07) is 8.76. The molecule has 0 aliphatic rings. The van der Waals surface area contributed by atoms with E-state index in [-0.39, 0.29) is 18.8 Å². The highest BCUT2D eigenvalue weighted by molar-refractivity contribution is 7.14. The second-order valence-electron chi connectivity index (χ2n) is 5.28. The van der Waals surface area contributed by atoms with Crippen molar-refractivity contribution in [2.75, 3.05) is 6.61 Å². The minimum atomic E-state index is -0.789. The van der Waals surface area contributed by atoms with Crippen LogP contribution in [-0.4, -0.2) is 24.4 Å². The number of nitrogens with one attached hydrogen (secondary N) is 1. The number of ketones is 1. The van der Waals surface area contributed by atoms with Crippen LogP contribution in [0.5, 0.6) is 0 Å². The quantitative estimate of drug-likeness (QED) is 0.569. The highest BCUT2D eigenvalue weighted by Gasteiger charge is 2.21. The number of carbonyl (C=O) groups excluding carboxylic acids is 3. The highest BCUT2D eigenvalue weighted by Crippen LogP contribution is 2.25. The van der Waals surface area contributed by atoms with Crippen LogP contribution >= 0.6 is 22.9 Å². The summed E-state index contributed by atoms with van der Waals surface area (Å²) in [4.78, 5) is 36.7. The summed E-state index contributed by atoms with van der Waals surface area (Å²) in [6.45, 7) is 1.53. The second kappa shape index (κ2) is 8.64. The lowest BCUT2D eigenvalue weighted by molar-refractivity contribution is -0.143. The van der Waals surface area contributed by atoms with Crippen LogP contribution in [-0.2, 0) is 9.53 Å². The fraction of sp³-hybridized carbons (Fsp3) is 0.235. The molecule has 0 fully saturated rings. The molecule has 2 amide bonds. The lowest BCUT2D eigenvalue weighted by Crippen LogP contribution is -2.35. The number of carbonyl (C=O) groups is 3. The Morgan fingerprint density at radius 2 is 1.96 bits per heavy atom. The molecule has 1 aromatic carbocycles. The van der Waals surface area contributed by atoms with Crippen molar-refractivity contribution in [1.82, 2.24) is 5.32 Å². The Kier molecular flexibility index (Phi) is 6.55. The summed E-state index contributed by atoms with van der Waals surface area (Å²) >= 11 is 7.44. The first-order chi connectivity index (χ1) is 11.9. The zero-order valence-electron chi connectivity index (χ0n) is 13.5. The number of urea groups is 1. The van der Waals surface area contributed by atoms with Crippen LogP contribution in [0.2, 0.25) is 5.02 Å². The van der Waals surface area contributed by atoms with Gasteiger partial charge in [0.1, 0.15) is 0 Å². The molecule has 0 bridgehead atoms. The van der Waals surface area contributed by atoms with Crippen molar-refractivity contribution in [2.24, 2.45) is 5.73 Å². The van der Waals surface area contributed by atoms with E-state index in [9.17, 15) is 14.4 Å². The number of ether oxygens (including phenoxy) is 1. The normalized spacial score (nSPS) is 11.6. The van der Waals surface area contributed by atoms with Crippen molar-refractivity contribution < 1.29 is 19.1 Å². The Morgan fingerprint density at radius 3 is 2.56 bits per heavy atom. The van der Waals surface area contributed by atoms with Gasteiger partial charge in [-0.3, -0.25) is 9.59 Å². The highest BCUT2D eigenvalue weighted by atomic mass is 35.5. The molecule has 132 valence electrons. The maximum Gasteiger partial charge on any atom is 0.312 e. The number of esters is 1. The van der Waals surface area contributed by atoms with Crippen molar-refractivity contribution in [2.45, 2.75) is 19.4 Å². The van der Waals surface area contributed by atoms with Gasteiger partial charge in [0.25, 0.3) is 0 Å². The van der Waals surface area contributed by atoms with E-state index < -0.39 is 18.0 Å². The van der Waals surface area contributed by atoms with E-state index in [0.29, 0.717) is 15.5 Å². The first kappa shape index (κ1) is 19.0. The Labute approximate surface area is 153 Å². The van der Waals surface area contributed by atoms with Gasteiger partial charge in [-0.1, -0.05) is 29.8 Å². The number of halogens is 1. The minimum Gasteiger partial charge on any atom is -0.457 e. The average molecular weight is 381 g/mol. The van der Waals surface area contributed by atoms with Gasteiger partial charge in [-0.05, 0) is 30.7 Å². The van der Waals surface area contributed by atoms with Gasteiger partial charge in [0.15, 0.2) is 6.61 Å². The number of nitrogens with two attached hydrogens (primary N) is 1. The number of primary amides is 1. The van der Waals surface area contributed by atoms with Crippen LogP contribution in [0.15, 0.2) is 36.4 Å². The Balaban J connectivity index is 1.98. The smallest absolute Gasteiger partial charge is 0.312 e. The molecule has 2 aromatic rings. The van der Waals surface area contributed by atoms with E-state index in [0.717, 1.165) is 4.88 Å². The van der Waals surface area contributed by atoms with E-state index in [2.05, 4.69) is 5.32 Å². The second-order valence-corrected chi connectivity index (χ2v) is 6.98. The maximum absolute atomic E-state index is 12.1. The van der Waals surface area contributed by atoms with E-state index in [1.54, 1.807) is 30.3 Å². The number of rotatable bonds is 7. The number of benzene rings is 1. The number of thiophene rings is 1. The van der Waals surface area contributed by atoms with Gasteiger partial charge in [-0.2, -0.15) is 0 Å². The zero-order chi connectivity index (χ0) is 18.4. The van der Waals surface area contributed by atoms with Crippen molar-refractivity contribution in [3.05, 3.63) is 56.7 Å². The molecule has 6 nitrogen and oxygen atoms in total. The topological polar surface area (TPSA) is 98.5 Å². The molecule has 1 atom stereocenters. The number of amides is 2. The molecular weight excluding hydrogens is 364 g/mol. The monoisotopic (exact) mass is 380 g/mol. The van der Waals surface area contributed by atoms with E-state index >= 15 is 0 Å². The number of hydrogen-bond acceptors (Lipinski definition) is 5. The minimum absolute atomic E-state index is 0.191. The molecule has 0 unspecified atom stereocenters. The summed E-state index contributed by atoms with van der Waals surface area (Å²) in [5.41, 5.74) is 5.70. The van der Waals surface area contributed by atoms with Crippen LogP contribution in [0.3, 0.4) is 0 Å². The van der Waals surface area contributed by atoms with E-state index in [1.807, 2.05) is 13.0 Å². The van der Waals surface area contributed by atoms with Gasteiger partial charge < -0.3 is 15.8 Å². The molecule has 0 radical (unpaired) electrons. The third-order valence-corrected chi connectivity index (χ3v) is 4.73. The fourth-order valence-corrected chi connectivity index (χ4v) is 3.25. The third-order valence-electron chi connectivity index (χ3n) is 3.35. The maximum atomic E-state index is 12.1. The van der Waals surface area contributed by atoms with Crippen LogP contribution in [0, 0.1) is 6.92 Å². The molecule has 25 heavy (non-hydrogen) atoms. The lowest BCUT2D eigenvalue weighted by atomic mass is 10.0. The van der Waals surface area contributed by atoms with Gasteiger partial charge in [-0.15, -0.1) is 11.3 Å². The molecule has 1 heterocycles. The lowest BCUT2D eigenvalue weighted by Gasteiger charge is -2.18. The summed E-state index contributed by atoms with van der Waals surface area (Å²) in [6.07, 6.45) is -0.191. The average Bonchev–Trinajstić information content (AvgIpc) is 2.98. The molecule has 0 aliphatic heterocycles. The predicted octanol–water partition coefficient (Wildman–Crippen LogP) is 3.24. The molecule has 0 saturated carbocycles. The molecule has 3 N–H and O–H groups in total. The molecule has 0 aliphatic carbocycles. The molecule has 0 saturated heterocycles. The van der Waals surface area contributed by atoms with Crippen LogP contribution < -0.4 is 11.1 Å². The third kappa shape index (κ3) is 5.58. The van der Waals surface area contributed by atoms with Crippen molar-refractivity contribution in [3.63, 3.8) is 0 Å². The Bertz CT molecular complexity index is 790. The van der Waals surface area contributed by atoms with Gasteiger partial charge in [0, 0.05) is 9.90 Å². The van der Waals surface area contributed by atoms with E-state index in [4.69, 9.17) is 22.1 Å². The molecular formula is C17H17ClN2O4S. The van der Waals surface area contributed by atoms with Crippen LogP contribution in [0.25, 0.3) is 0 Å². The number of Topliss-reactive ketones (excluding diaryl/α,β-unsaturated/α-hetero) is 1. The van der Waals surface area contributed by atoms with Crippen LogP contribution in [0.1, 0.15) is 32.6 Å². The standard InChI is InChI=1S/C17H17ClN2O4S/c1-10-6-7-15(25-10)14(21)9-24-16(22)8-13(20-17(19)23)11-4-2-3-5-12(11)18/h2-7,13H,8-9H2,1H3,(H3,19,20,23)/t13-/m1/s1. The number of aryl methyl sites for hydroxylation is 1. The number of hydrogen-bond donors (Lipinski definition) is 2. The van der Waals surface area contributed by atoms with Crippen LogP contribution in [0.4, 0.5) is 4.79 Å². The van der Waals surface area contributed by atoms with Crippen molar-refractivity contribution >= 4 is 40.7 Å². The molecule has 2 rings (SSSR count). The van der Waals surface area contributed by atoms with Crippen molar-refractivity contribution in [3.8, 4) is 0 Å². The summed E-state index contributed by atoms with van der Waals surface area (Å²) < 4.78 is 5.02. The van der Waals surface area contributed by atoms with Gasteiger partial charge in [0.05, 0.1) is 17.3 Å². The molecule has 0 spiro atoms. The first-order valence-corrected chi connectivity index (χ1v) is 8.62. The van der Waals surface area contributed by atoms with Gasteiger partial charge in [-0.25, -0.2) is 4.79 Å². The molecule has 8 heteroatoms. The Morgan fingerprint density at radius 1 is 1.24 bits per heavy atom. The summed E-state index contributed by atoms with van der Waals surface area (Å²) in [7, 11) is 0. The van der Waals surface area contributed by atoms with Gasteiger partial charge >= 0.3 is 12.0 Å². The largest absolute Gasteiger partial charge is 0.457 e. The Hall–Kier alpha value is -2.38.